The van der Waals surface area contributed by atoms with Gasteiger partial charge in [-0.05, 0) is 43.7 Å². The van der Waals surface area contributed by atoms with E-state index in [4.69, 9.17) is 11.6 Å². The van der Waals surface area contributed by atoms with E-state index >= 15 is 0 Å². The zero-order chi connectivity index (χ0) is 15.4. The molecular formula is C15H15BrClN3O. The van der Waals surface area contributed by atoms with E-state index in [1.54, 1.807) is 12.1 Å². The van der Waals surface area contributed by atoms with E-state index < -0.39 is 0 Å². The van der Waals surface area contributed by atoms with Gasteiger partial charge < -0.3 is 10.6 Å². The lowest BCUT2D eigenvalue weighted by Crippen LogP contribution is -2.14. The summed E-state index contributed by atoms with van der Waals surface area (Å²) in [4.78, 5) is 16.5. The van der Waals surface area contributed by atoms with Crippen molar-refractivity contribution in [3.8, 4) is 0 Å². The molecule has 21 heavy (non-hydrogen) atoms. The van der Waals surface area contributed by atoms with Crippen molar-refractivity contribution >= 4 is 44.9 Å². The lowest BCUT2D eigenvalue weighted by atomic mass is 10.2. The van der Waals surface area contributed by atoms with Crippen molar-refractivity contribution < 1.29 is 4.79 Å². The number of carbonyl (C=O) groups excluding carboxylic acids is 1. The Morgan fingerprint density at radius 1 is 1.33 bits per heavy atom. The van der Waals surface area contributed by atoms with Crippen LogP contribution in [0.25, 0.3) is 0 Å². The van der Waals surface area contributed by atoms with Crippen LogP contribution in [0.3, 0.4) is 0 Å². The average Bonchev–Trinajstić information content (AvgIpc) is 2.42. The Kier molecular flexibility index (Phi) is 5.20. The van der Waals surface area contributed by atoms with Crippen LogP contribution in [0, 0.1) is 6.92 Å². The number of nitrogens with zero attached hydrogens (tertiary/aromatic N) is 1. The van der Waals surface area contributed by atoms with Crippen LogP contribution in [-0.4, -0.2) is 17.4 Å². The molecule has 0 saturated carbocycles. The van der Waals surface area contributed by atoms with Crippen molar-refractivity contribution in [2.45, 2.75) is 13.8 Å². The van der Waals surface area contributed by atoms with Gasteiger partial charge in [0, 0.05) is 22.3 Å². The Morgan fingerprint density at radius 3 is 2.81 bits per heavy atom. The second-order valence-corrected chi connectivity index (χ2v) is 5.81. The number of nitrogens with one attached hydrogen (secondary N) is 2. The molecule has 0 spiro atoms. The Balaban J connectivity index is 2.25. The summed E-state index contributed by atoms with van der Waals surface area (Å²) in [7, 11) is 0. The number of hydrogen-bond acceptors (Lipinski definition) is 3. The third-order valence-electron chi connectivity index (χ3n) is 2.86. The first-order chi connectivity index (χ1) is 9.99. The van der Waals surface area contributed by atoms with Crippen molar-refractivity contribution in [3.05, 3.63) is 51.1 Å². The molecule has 0 fully saturated rings. The number of rotatable bonds is 4. The smallest absolute Gasteiger partial charge is 0.255 e. The molecule has 0 aliphatic heterocycles. The van der Waals surface area contributed by atoms with Crippen molar-refractivity contribution in [2.24, 2.45) is 0 Å². The average molecular weight is 369 g/mol. The third-order valence-corrected chi connectivity index (χ3v) is 3.55. The zero-order valence-corrected chi connectivity index (χ0v) is 14.0. The molecule has 0 aliphatic rings. The molecule has 0 bridgehead atoms. The van der Waals surface area contributed by atoms with Gasteiger partial charge in [0.25, 0.3) is 5.91 Å². The fraction of sp³-hybridized carbons (Fsp3) is 0.200. The Bertz CT molecular complexity index is 676. The van der Waals surface area contributed by atoms with Gasteiger partial charge in [0.05, 0.1) is 0 Å². The Labute approximate surface area is 137 Å². The van der Waals surface area contributed by atoms with Crippen LogP contribution in [0.5, 0.6) is 0 Å². The summed E-state index contributed by atoms with van der Waals surface area (Å²) in [5, 5.41) is 6.21. The standard InChI is InChI=1S/C15H15BrClN3O/c1-3-18-14-7-10(6-13(17)20-14)15(21)19-12-8-11(16)5-4-9(12)2/h4-8H,3H2,1-2H3,(H,18,20)(H,19,21). The molecule has 4 nitrogen and oxygen atoms in total. The maximum Gasteiger partial charge on any atom is 0.255 e. The van der Waals surface area contributed by atoms with Gasteiger partial charge in [0.2, 0.25) is 0 Å². The van der Waals surface area contributed by atoms with Gasteiger partial charge in [-0.2, -0.15) is 0 Å². The predicted molar refractivity (Wildman–Crippen MR) is 90.2 cm³/mol. The van der Waals surface area contributed by atoms with Crippen LogP contribution in [0.15, 0.2) is 34.8 Å². The molecule has 0 aliphatic carbocycles. The van der Waals surface area contributed by atoms with Crippen molar-refractivity contribution in [1.82, 2.24) is 4.98 Å². The molecule has 2 aromatic rings. The number of pyridine rings is 1. The summed E-state index contributed by atoms with van der Waals surface area (Å²) < 4.78 is 0.907. The molecule has 0 atom stereocenters. The zero-order valence-electron chi connectivity index (χ0n) is 11.7. The number of carbonyl (C=O) groups is 1. The van der Waals surface area contributed by atoms with E-state index in [0.29, 0.717) is 17.9 Å². The lowest BCUT2D eigenvalue weighted by molar-refractivity contribution is 0.102. The van der Waals surface area contributed by atoms with E-state index in [1.165, 1.54) is 0 Å². The van der Waals surface area contributed by atoms with E-state index in [1.807, 2.05) is 32.0 Å². The second-order valence-electron chi connectivity index (χ2n) is 4.51. The summed E-state index contributed by atoms with van der Waals surface area (Å²) in [6.07, 6.45) is 0. The van der Waals surface area contributed by atoms with Crippen LogP contribution in [0.2, 0.25) is 5.15 Å². The summed E-state index contributed by atoms with van der Waals surface area (Å²) >= 11 is 9.34. The number of hydrogen-bond donors (Lipinski definition) is 2. The first-order valence-electron chi connectivity index (χ1n) is 6.48. The molecule has 110 valence electrons. The van der Waals surface area contributed by atoms with E-state index in [9.17, 15) is 4.79 Å². The monoisotopic (exact) mass is 367 g/mol. The molecule has 1 amide bonds. The Morgan fingerprint density at radius 2 is 2.10 bits per heavy atom. The summed E-state index contributed by atoms with van der Waals surface area (Å²) in [5.41, 5.74) is 2.20. The van der Waals surface area contributed by atoms with E-state index in [2.05, 4.69) is 31.5 Å². The summed E-state index contributed by atoms with van der Waals surface area (Å²) in [5.74, 6) is 0.362. The van der Waals surface area contributed by atoms with Gasteiger partial charge in [0.1, 0.15) is 11.0 Å². The minimum Gasteiger partial charge on any atom is -0.370 e. The van der Waals surface area contributed by atoms with E-state index in [-0.39, 0.29) is 11.1 Å². The summed E-state index contributed by atoms with van der Waals surface area (Å²) in [6.45, 7) is 4.60. The molecule has 1 aromatic heterocycles. The third kappa shape index (κ3) is 4.19. The van der Waals surface area contributed by atoms with Gasteiger partial charge in [0.15, 0.2) is 0 Å². The first-order valence-corrected chi connectivity index (χ1v) is 7.65. The van der Waals surface area contributed by atoms with Crippen molar-refractivity contribution in [1.29, 1.82) is 0 Å². The fourth-order valence-corrected chi connectivity index (χ4v) is 2.39. The minimum atomic E-state index is -0.223. The van der Waals surface area contributed by atoms with Crippen molar-refractivity contribution in [3.63, 3.8) is 0 Å². The molecule has 1 heterocycles. The first kappa shape index (κ1) is 15.8. The van der Waals surface area contributed by atoms with Crippen molar-refractivity contribution in [2.75, 3.05) is 17.2 Å². The van der Waals surface area contributed by atoms with Crippen LogP contribution in [0.1, 0.15) is 22.8 Å². The molecular weight excluding hydrogens is 354 g/mol. The lowest BCUT2D eigenvalue weighted by Gasteiger charge is -2.10. The second kappa shape index (κ2) is 6.91. The van der Waals surface area contributed by atoms with Gasteiger partial charge in [-0.1, -0.05) is 33.6 Å². The number of aromatic nitrogens is 1. The highest BCUT2D eigenvalue weighted by atomic mass is 79.9. The normalized spacial score (nSPS) is 10.3. The Hall–Kier alpha value is -1.59. The quantitative estimate of drug-likeness (QED) is 0.782. The molecule has 0 unspecified atom stereocenters. The molecule has 2 rings (SSSR count). The highest BCUT2D eigenvalue weighted by molar-refractivity contribution is 9.10. The molecule has 2 N–H and O–H groups in total. The van der Waals surface area contributed by atoms with Crippen LogP contribution < -0.4 is 10.6 Å². The van der Waals surface area contributed by atoms with Crippen LogP contribution in [-0.2, 0) is 0 Å². The highest BCUT2D eigenvalue weighted by Gasteiger charge is 2.11. The molecule has 6 heteroatoms. The van der Waals surface area contributed by atoms with Gasteiger partial charge in [-0.25, -0.2) is 4.98 Å². The maximum atomic E-state index is 12.3. The maximum absolute atomic E-state index is 12.3. The number of benzene rings is 1. The number of aryl methyl sites for hydroxylation is 1. The summed E-state index contributed by atoms with van der Waals surface area (Å²) in [6, 6.07) is 8.95. The minimum absolute atomic E-state index is 0.223. The van der Waals surface area contributed by atoms with Gasteiger partial charge >= 0.3 is 0 Å². The number of amides is 1. The van der Waals surface area contributed by atoms with E-state index in [0.717, 1.165) is 15.7 Å². The largest absolute Gasteiger partial charge is 0.370 e. The van der Waals surface area contributed by atoms with Crippen LogP contribution >= 0.6 is 27.5 Å². The SMILES string of the molecule is CCNc1cc(C(=O)Nc2cc(Br)ccc2C)cc(Cl)n1. The number of halogens is 2. The van der Waals surface area contributed by atoms with Crippen LogP contribution in [0.4, 0.5) is 11.5 Å². The predicted octanol–water partition coefficient (Wildman–Crippen LogP) is 4.49. The highest BCUT2D eigenvalue weighted by Crippen LogP contribution is 2.22. The van der Waals surface area contributed by atoms with Gasteiger partial charge in [-0.3, -0.25) is 4.79 Å². The molecule has 0 saturated heterocycles. The molecule has 0 radical (unpaired) electrons. The molecule has 1 aromatic carbocycles. The topological polar surface area (TPSA) is 54.0 Å². The fourth-order valence-electron chi connectivity index (χ4n) is 1.82. The number of anilines is 2. The van der Waals surface area contributed by atoms with Gasteiger partial charge in [-0.15, -0.1) is 0 Å².